The maximum atomic E-state index is 12.1. The number of nitrogens with one attached hydrogen (secondary N) is 1. The standard InChI is InChI=1S/C16H20N4O2/c1-4-20-10-9-17-15(16(20)22)19(3)11-14(21)18-13-7-5-12(2)6-8-13/h5-10H,4,11H2,1-3H3,(H,18,21). The number of hydrogen-bond donors (Lipinski definition) is 1. The van der Waals surface area contributed by atoms with Crippen molar-refractivity contribution in [3.8, 4) is 0 Å². The molecule has 2 rings (SSSR count). The zero-order valence-electron chi connectivity index (χ0n) is 13.0. The van der Waals surface area contributed by atoms with Gasteiger partial charge in [0.15, 0.2) is 5.82 Å². The van der Waals surface area contributed by atoms with Crippen LogP contribution in [0.25, 0.3) is 0 Å². The normalized spacial score (nSPS) is 10.3. The largest absolute Gasteiger partial charge is 0.346 e. The SMILES string of the molecule is CCn1ccnc(N(C)CC(=O)Nc2ccc(C)cc2)c1=O. The van der Waals surface area contributed by atoms with Crippen LogP contribution < -0.4 is 15.8 Å². The molecule has 0 aliphatic heterocycles. The van der Waals surface area contributed by atoms with Crippen molar-refractivity contribution in [1.82, 2.24) is 9.55 Å². The fraction of sp³-hybridized carbons (Fsp3) is 0.312. The summed E-state index contributed by atoms with van der Waals surface area (Å²) >= 11 is 0. The molecule has 1 aromatic carbocycles. The molecule has 0 radical (unpaired) electrons. The third-order valence-corrected chi connectivity index (χ3v) is 3.31. The zero-order chi connectivity index (χ0) is 16.1. The molecule has 6 nitrogen and oxygen atoms in total. The highest BCUT2D eigenvalue weighted by molar-refractivity contribution is 5.93. The van der Waals surface area contributed by atoms with Gasteiger partial charge in [0.05, 0.1) is 6.54 Å². The van der Waals surface area contributed by atoms with E-state index in [1.165, 1.54) is 0 Å². The molecule has 0 spiro atoms. The number of aromatic nitrogens is 2. The average molecular weight is 300 g/mol. The molecule has 1 heterocycles. The Kier molecular flexibility index (Phi) is 4.93. The summed E-state index contributed by atoms with van der Waals surface area (Å²) in [6, 6.07) is 7.55. The maximum absolute atomic E-state index is 12.1. The van der Waals surface area contributed by atoms with E-state index < -0.39 is 0 Å². The van der Waals surface area contributed by atoms with Crippen LogP contribution in [0.5, 0.6) is 0 Å². The molecule has 0 aliphatic rings. The van der Waals surface area contributed by atoms with Crippen LogP contribution in [0.3, 0.4) is 0 Å². The number of hydrogen-bond acceptors (Lipinski definition) is 4. The van der Waals surface area contributed by atoms with Crippen LogP contribution >= 0.6 is 0 Å². The van der Waals surface area contributed by atoms with Gasteiger partial charge in [-0.05, 0) is 26.0 Å². The Balaban J connectivity index is 2.05. The smallest absolute Gasteiger partial charge is 0.293 e. The first-order valence-corrected chi connectivity index (χ1v) is 7.14. The molecule has 0 atom stereocenters. The fourth-order valence-electron chi connectivity index (χ4n) is 2.07. The van der Waals surface area contributed by atoms with Crippen LogP contribution in [0.4, 0.5) is 11.5 Å². The first-order valence-electron chi connectivity index (χ1n) is 7.14. The van der Waals surface area contributed by atoms with Crippen molar-refractivity contribution in [2.75, 3.05) is 23.8 Å². The van der Waals surface area contributed by atoms with Crippen molar-refractivity contribution in [2.24, 2.45) is 0 Å². The number of amides is 1. The minimum absolute atomic E-state index is 0.0594. The Morgan fingerprint density at radius 2 is 2.00 bits per heavy atom. The van der Waals surface area contributed by atoms with Crippen molar-refractivity contribution < 1.29 is 4.79 Å². The van der Waals surface area contributed by atoms with Crippen LogP contribution in [-0.2, 0) is 11.3 Å². The number of likely N-dealkylation sites (N-methyl/N-ethyl adjacent to an activating group) is 1. The monoisotopic (exact) mass is 300 g/mol. The topological polar surface area (TPSA) is 67.2 Å². The van der Waals surface area contributed by atoms with E-state index >= 15 is 0 Å². The predicted molar refractivity (Wildman–Crippen MR) is 87.2 cm³/mol. The van der Waals surface area contributed by atoms with E-state index in [-0.39, 0.29) is 23.8 Å². The summed E-state index contributed by atoms with van der Waals surface area (Å²) < 4.78 is 1.55. The van der Waals surface area contributed by atoms with Crippen molar-refractivity contribution in [1.29, 1.82) is 0 Å². The van der Waals surface area contributed by atoms with Gasteiger partial charge in [0, 0.05) is 31.7 Å². The Bertz CT molecular complexity index is 707. The van der Waals surface area contributed by atoms with Gasteiger partial charge < -0.3 is 14.8 Å². The minimum atomic E-state index is -0.198. The van der Waals surface area contributed by atoms with Gasteiger partial charge in [-0.15, -0.1) is 0 Å². The third kappa shape index (κ3) is 3.72. The summed E-state index contributed by atoms with van der Waals surface area (Å²) in [5.74, 6) is 0.0721. The van der Waals surface area contributed by atoms with E-state index in [1.807, 2.05) is 38.1 Å². The summed E-state index contributed by atoms with van der Waals surface area (Å²) in [6.07, 6.45) is 3.20. The quantitative estimate of drug-likeness (QED) is 0.911. The molecule has 0 fully saturated rings. The number of anilines is 2. The van der Waals surface area contributed by atoms with Crippen molar-refractivity contribution in [3.63, 3.8) is 0 Å². The molecule has 0 unspecified atom stereocenters. The van der Waals surface area contributed by atoms with Crippen molar-refractivity contribution in [2.45, 2.75) is 20.4 Å². The lowest BCUT2D eigenvalue weighted by Crippen LogP contribution is -2.36. The molecule has 0 bridgehead atoms. The number of carbonyl (C=O) groups is 1. The van der Waals surface area contributed by atoms with Crippen LogP contribution in [-0.4, -0.2) is 29.1 Å². The molecule has 1 amide bonds. The fourth-order valence-corrected chi connectivity index (χ4v) is 2.07. The number of nitrogens with zero attached hydrogens (tertiary/aromatic N) is 3. The first kappa shape index (κ1) is 15.8. The second-order valence-electron chi connectivity index (χ2n) is 5.11. The molecule has 6 heteroatoms. The van der Waals surface area contributed by atoms with E-state index in [1.54, 1.807) is 28.9 Å². The zero-order valence-corrected chi connectivity index (χ0v) is 13.0. The van der Waals surface area contributed by atoms with Crippen LogP contribution in [0, 0.1) is 6.92 Å². The van der Waals surface area contributed by atoms with Crippen LogP contribution in [0.1, 0.15) is 12.5 Å². The van der Waals surface area contributed by atoms with Gasteiger partial charge in [0.1, 0.15) is 0 Å². The molecule has 116 valence electrons. The molecule has 0 saturated carbocycles. The van der Waals surface area contributed by atoms with Gasteiger partial charge in [0.25, 0.3) is 5.56 Å². The lowest BCUT2D eigenvalue weighted by atomic mass is 10.2. The van der Waals surface area contributed by atoms with Gasteiger partial charge in [-0.25, -0.2) is 4.98 Å². The molecule has 22 heavy (non-hydrogen) atoms. The second-order valence-corrected chi connectivity index (χ2v) is 5.11. The van der Waals surface area contributed by atoms with E-state index in [2.05, 4.69) is 10.3 Å². The van der Waals surface area contributed by atoms with E-state index in [4.69, 9.17) is 0 Å². The Morgan fingerprint density at radius 1 is 1.32 bits per heavy atom. The summed E-state index contributed by atoms with van der Waals surface area (Å²) in [7, 11) is 1.68. The van der Waals surface area contributed by atoms with Crippen LogP contribution in [0.15, 0.2) is 41.5 Å². The van der Waals surface area contributed by atoms with Crippen molar-refractivity contribution >= 4 is 17.4 Å². The number of aryl methyl sites for hydroxylation is 2. The number of carbonyl (C=O) groups excluding carboxylic acids is 1. The summed E-state index contributed by atoms with van der Waals surface area (Å²) in [5, 5.41) is 2.80. The molecular weight excluding hydrogens is 280 g/mol. The van der Waals surface area contributed by atoms with E-state index in [0.29, 0.717) is 6.54 Å². The first-order chi connectivity index (χ1) is 10.5. The molecule has 0 aliphatic carbocycles. The Labute approximate surface area is 129 Å². The van der Waals surface area contributed by atoms with Gasteiger partial charge in [-0.3, -0.25) is 9.59 Å². The number of benzene rings is 1. The van der Waals surface area contributed by atoms with E-state index in [9.17, 15) is 9.59 Å². The maximum Gasteiger partial charge on any atom is 0.293 e. The second kappa shape index (κ2) is 6.89. The summed E-state index contributed by atoms with van der Waals surface area (Å²) in [6.45, 7) is 4.50. The van der Waals surface area contributed by atoms with Gasteiger partial charge in [-0.2, -0.15) is 0 Å². The highest BCUT2D eigenvalue weighted by atomic mass is 16.2. The predicted octanol–water partition coefficient (Wildman–Crippen LogP) is 1.65. The lowest BCUT2D eigenvalue weighted by molar-refractivity contribution is -0.114. The summed E-state index contributed by atoms with van der Waals surface area (Å²) in [5.41, 5.74) is 1.66. The molecule has 2 aromatic rings. The van der Waals surface area contributed by atoms with Gasteiger partial charge in [0.2, 0.25) is 5.91 Å². The highest BCUT2D eigenvalue weighted by Crippen LogP contribution is 2.09. The minimum Gasteiger partial charge on any atom is -0.346 e. The Hall–Kier alpha value is -2.63. The highest BCUT2D eigenvalue weighted by Gasteiger charge is 2.13. The molecular formula is C16H20N4O2. The third-order valence-electron chi connectivity index (χ3n) is 3.31. The Morgan fingerprint density at radius 3 is 2.64 bits per heavy atom. The van der Waals surface area contributed by atoms with Crippen molar-refractivity contribution in [3.05, 3.63) is 52.6 Å². The van der Waals surface area contributed by atoms with Gasteiger partial charge in [-0.1, -0.05) is 17.7 Å². The average Bonchev–Trinajstić information content (AvgIpc) is 2.49. The molecule has 1 N–H and O–H groups in total. The molecule has 1 aromatic heterocycles. The van der Waals surface area contributed by atoms with Gasteiger partial charge >= 0.3 is 0 Å². The van der Waals surface area contributed by atoms with Crippen LogP contribution in [0.2, 0.25) is 0 Å². The van der Waals surface area contributed by atoms with E-state index in [0.717, 1.165) is 11.3 Å². The lowest BCUT2D eigenvalue weighted by Gasteiger charge is -2.17. The summed E-state index contributed by atoms with van der Waals surface area (Å²) in [4.78, 5) is 29.8. The molecule has 0 saturated heterocycles. The number of rotatable bonds is 5.